The summed E-state index contributed by atoms with van der Waals surface area (Å²) in [6.45, 7) is 1.58. The largest absolute Gasteiger partial charge is 0.493 e. The number of amides is 2. The van der Waals surface area contributed by atoms with E-state index in [-0.39, 0.29) is 17.9 Å². The van der Waals surface area contributed by atoms with Gasteiger partial charge in [0.2, 0.25) is 5.75 Å². The maximum Gasteiger partial charge on any atom is 0.343 e. The summed E-state index contributed by atoms with van der Waals surface area (Å²) in [7, 11) is 4.32. The molecule has 0 aromatic heterocycles. The van der Waals surface area contributed by atoms with E-state index in [0.717, 1.165) is 10.0 Å². The third-order valence-corrected chi connectivity index (χ3v) is 5.68. The van der Waals surface area contributed by atoms with Gasteiger partial charge in [0.1, 0.15) is 5.75 Å². The number of hydrogen-bond acceptors (Lipinski definition) is 8. The molecule has 0 saturated heterocycles. The van der Waals surface area contributed by atoms with Gasteiger partial charge in [-0.2, -0.15) is 5.10 Å². The maximum absolute atomic E-state index is 12.6. The van der Waals surface area contributed by atoms with Gasteiger partial charge in [-0.15, -0.1) is 0 Å². The van der Waals surface area contributed by atoms with Gasteiger partial charge in [0.15, 0.2) is 11.5 Å². The predicted octanol–water partition coefficient (Wildman–Crippen LogP) is 3.88. The molecule has 0 heterocycles. The van der Waals surface area contributed by atoms with Crippen molar-refractivity contribution in [3.05, 3.63) is 81.3 Å². The molecule has 3 rings (SSSR count). The summed E-state index contributed by atoms with van der Waals surface area (Å²) < 4.78 is 22.0. The van der Waals surface area contributed by atoms with Gasteiger partial charge in [0.05, 0.1) is 39.7 Å². The highest BCUT2D eigenvalue weighted by Crippen LogP contribution is 2.38. The van der Waals surface area contributed by atoms with E-state index in [9.17, 15) is 14.4 Å². The Hall–Kier alpha value is -4.38. The number of aryl methyl sites for hydroxylation is 1. The minimum absolute atomic E-state index is 0.213. The number of hydrogen-bond donors (Lipinski definition) is 2. The van der Waals surface area contributed by atoms with Crippen LogP contribution in [0, 0.1) is 6.92 Å². The predicted molar refractivity (Wildman–Crippen MR) is 144 cm³/mol. The lowest BCUT2D eigenvalue weighted by atomic mass is 10.1. The summed E-state index contributed by atoms with van der Waals surface area (Å²) in [5, 5.41) is 6.42. The zero-order valence-electron chi connectivity index (χ0n) is 21.2. The van der Waals surface area contributed by atoms with E-state index in [2.05, 4.69) is 31.8 Å². The van der Waals surface area contributed by atoms with Crippen molar-refractivity contribution in [3.8, 4) is 23.0 Å². The van der Waals surface area contributed by atoms with Crippen molar-refractivity contribution in [2.75, 3.05) is 27.9 Å². The van der Waals surface area contributed by atoms with E-state index in [1.54, 1.807) is 30.3 Å². The van der Waals surface area contributed by atoms with E-state index < -0.39 is 17.8 Å². The molecular weight excluding hydrogens is 558 g/mol. The number of methoxy groups -OCH3 is 3. The zero-order chi connectivity index (χ0) is 27.7. The molecule has 0 bridgehead atoms. The van der Waals surface area contributed by atoms with Crippen LogP contribution in [0.25, 0.3) is 0 Å². The Bertz CT molecular complexity index is 1330. The Morgan fingerprint density at radius 1 is 0.868 bits per heavy atom. The van der Waals surface area contributed by atoms with E-state index >= 15 is 0 Å². The fourth-order valence-corrected chi connectivity index (χ4v) is 3.63. The lowest BCUT2D eigenvalue weighted by Crippen LogP contribution is -2.35. The first-order valence-corrected chi connectivity index (χ1v) is 12.0. The normalized spacial score (nSPS) is 10.6. The molecule has 0 atom stereocenters. The molecule has 0 saturated carbocycles. The second-order valence-electron chi connectivity index (χ2n) is 7.83. The number of halogens is 1. The van der Waals surface area contributed by atoms with Gasteiger partial charge < -0.3 is 24.3 Å². The van der Waals surface area contributed by atoms with Gasteiger partial charge in [-0.1, -0.05) is 33.6 Å². The number of ether oxygens (including phenoxy) is 4. The zero-order valence-corrected chi connectivity index (χ0v) is 22.7. The second kappa shape index (κ2) is 13.2. The van der Waals surface area contributed by atoms with Crippen LogP contribution in [0.15, 0.2) is 64.2 Å². The summed E-state index contributed by atoms with van der Waals surface area (Å²) in [5.74, 6) is -0.420. The topological polar surface area (TPSA) is 125 Å². The molecule has 38 heavy (non-hydrogen) atoms. The molecule has 0 radical (unpaired) electrons. The average Bonchev–Trinajstić information content (AvgIpc) is 2.92. The molecule has 11 heteroatoms. The number of carbonyl (C=O) groups is 3. The van der Waals surface area contributed by atoms with Crippen LogP contribution in [-0.4, -0.2) is 51.9 Å². The first-order valence-electron chi connectivity index (χ1n) is 11.2. The van der Waals surface area contributed by atoms with Crippen LogP contribution in [0.3, 0.4) is 0 Å². The number of hydrazone groups is 1. The molecule has 0 aliphatic carbocycles. The minimum Gasteiger partial charge on any atom is -0.493 e. The number of carbonyl (C=O) groups excluding carboxylic acids is 3. The van der Waals surface area contributed by atoms with Crippen molar-refractivity contribution in [1.29, 1.82) is 0 Å². The van der Waals surface area contributed by atoms with Gasteiger partial charge in [-0.3, -0.25) is 9.59 Å². The van der Waals surface area contributed by atoms with Crippen molar-refractivity contribution >= 4 is 39.9 Å². The molecule has 10 nitrogen and oxygen atoms in total. The van der Waals surface area contributed by atoms with Crippen molar-refractivity contribution in [1.82, 2.24) is 10.7 Å². The summed E-state index contributed by atoms with van der Waals surface area (Å²) in [6, 6.07) is 14.9. The van der Waals surface area contributed by atoms with Gasteiger partial charge >= 0.3 is 5.97 Å². The molecule has 2 N–H and O–H groups in total. The molecule has 0 fully saturated rings. The van der Waals surface area contributed by atoms with Gasteiger partial charge in [0, 0.05) is 15.6 Å². The average molecular weight is 584 g/mol. The lowest BCUT2D eigenvalue weighted by molar-refractivity contribution is -0.120. The summed E-state index contributed by atoms with van der Waals surface area (Å²) in [6.07, 6.45) is 1.33. The third-order valence-electron chi connectivity index (χ3n) is 5.19. The van der Waals surface area contributed by atoms with Crippen LogP contribution in [0.2, 0.25) is 0 Å². The smallest absolute Gasteiger partial charge is 0.343 e. The number of nitrogens with one attached hydrogen (secondary N) is 2. The van der Waals surface area contributed by atoms with Crippen LogP contribution in [0.1, 0.15) is 31.8 Å². The molecule has 0 spiro atoms. The first kappa shape index (κ1) is 28.2. The monoisotopic (exact) mass is 583 g/mol. The van der Waals surface area contributed by atoms with Crippen LogP contribution in [0.5, 0.6) is 23.0 Å². The standard InChI is InChI=1S/C27H26BrN3O7/c1-16-5-7-17(8-6-16)27(34)38-21-10-9-20(28)11-19(21)14-30-31-24(32)15-29-26(33)18-12-22(35-2)25(37-4)23(13-18)36-3/h5-14H,15H2,1-4H3,(H,29,33)(H,31,32)/b30-14-. The Morgan fingerprint density at radius 2 is 1.53 bits per heavy atom. The molecule has 198 valence electrons. The molecule has 3 aromatic rings. The highest BCUT2D eigenvalue weighted by Gasteiger charge is 2.17. The third kappa shape index (κ3) is 7.32. The lowest BCUT2D eigenvalue weighted by Gasteiger charge is -2.14. The Balaban J connectivity index is 1.61. The highest BCUT2D eigenvalue weighted by atomic mass is 79.9. The molecule has 0 unspecified atom stereocenters. The summed E-state index contributed by atoms with van der Waals surface area (Å²) in [4.78, 5) is 37.3. The van der Waals surface area contributed by atoms with Crippen LogP contribution >= 0.6 is 15.9 Å². The number of rotatable bonds is 10. The van der Waals surface area contributed by atoms with E-state index in [1.165, 1.54) is 39.7 Å². The van der Waals surface area contributed by atoms with Crippen LogP contribution < -0.4 is 29.7 Å². The molecule has 0 aliphatic heterocycles. The van der Waals surface area contributed by atoms with Crippen molar-refractivity contribution in [2.45, 2.75) is 6.92 Å². The fraction of sp³-hybridized carbons (Fsp3) is 0.185. The molecule has 2 amide bonds. The van der Waals surface area contributed by atoms with Crippen LogP contribution in [0.4, 0.5) is 0 Å². The van der Waals surface area contributed by atoms with E-state index in [0.29, 0.717) is 28.4 Å². The van der Waals surface area contributed by atoms with Crippen LogP contribution in [-0.2, 0) is 4.79 Å². The number of esters is 1. The van der Waals surface area contributed by atoms with E-state index in [4.69, 9.17) is 18.9 Å². The van der Waals surface area contributed by atoms with Gasteiger partial charge in [-0.25, -0.2) is 10.2 Å². The second-order valence-corrected chi connectivity index (χ2v) is 8.74. The fourth-order valence-electron chi connectivity index (χ4n) is 3.25. The quantitative estimate of drug-likeness (QED) is 0.160. The molecule has 0 aliphatic rings. The number of benzene rings is 3. The Morgan fingerprint density at radius 3 is 2.13 bits per heavy atom. The van der Waals surface area contributed by atoms with E-state index in [1.807, 2.05) is 19.1 Å². The van der Waals surface area contributed by atoms with Gasteiger partial charge in [0.25, 0.3) is 11.8 Å². The van der Waals surface area contributed by atoms with Crippen molar-refractivity contribution < 1.29 is 33.3 Å². The number of nitrogens with zero attached hydrogens (tertiary/aromatic N) is 1. The first-order chi connectivity index (χ1) is 18.2. The van der Waals surface area contributed by atoms with Crippen molar-refractivity contribution in [3.63, 3.8) is 0 Å². The van der Waals surface area contributed by atoms with Crippen molar-refractivity contribution in [2.24, 2.45) is 5.10 Å². The Labute approximate surface area is 228 Å². The highest BCUT2D eigenvalue weighted by molar-refractivity contribution is 9.10. The minimum atomic E-state index is -0.574. The maximum atomic E-state index is 12.6. The molecular formula is C27H26BrN3O7. The summed E-state index contributed by atoms with van der Waals surface area (Å²) in [5.41, 5.74) is 4.41. The molecule has 3 aromatic carbocycles. The van der Waals surface area contributed by atoms with Gasteiger partial charge in [-0.05, 0) is 49.4 Å². The Kier molecular flexibility index (Phi) is 9.83. The summed E-state index contributed by atoms with van der Waals surface area (Å²) >= 11 is 3.37. The SMILES string of the molecule is COc1cc(C(=O)NCC(=O)N/N=C\c2cc(Br)ccc2OC(=O)c2ccc(C)cc2)cc(OC)c1OC.